The van der Waals surface area contributed by atoms with Crippen LogP contribution in [0.3, 0.4) is 0 Å². The van der Waals surface area contributed by atoms with Gasteiger partial charge in [-0.1, -0.05) is 52.4 Å². The average Bonchev–Trinajstić information content (AvgIpc) is 2.47. The summed E-state index contributed by atoms with van der Waals surface area (Å²) < 4.78 is 5.51. The summed E-state index contributed by atoms with van der Waals surface area (Å²) in [4.78, 5) is 0. The van der Waals surface area contributed by atoms with E-state index < -0.39 is 0 Å². The maximum absolute atomic E-state index is 9.84. The van der Waals surface area contributed by atoms with E-state index in [1.54, 1.807) is 0 Å². The number of hydrogen-bond donors (Lipinski definition) is 2. The molecule has 1 aliphatic carbocycles. The maximum atomic E-state index is 9.84. The Balaban J connectivity index is 1.87. The van der Waals surface area contributed by atoms with E-state index in [-0.39, 0.29) is 6.10 Å². The van der Waals surface area contributed by atoms with Crippen molar-refractivity contribution in [3.8, 4) is 0 Å². The average molecular weight is 299 g/mol. The Bertz CT molecular complexity index is 235. The fourth-order valence-electron chi connectivity index (χ4n) is 3.31. The highest BCUT2D eigenvalue weighted by molar-refractivity contribution is 4.71. The summed E-state index contributed by atoms with van der Waals surface area (Å²) in [5, 5.41) is 13.2. The second-order valence-electron chi connectivity index (χ2n) is 6.92. The van der Waals surface area contributed by atoms with E-state index in [1.807, 2.05) is 0 Å². The molecule has 3 atom stereocenters. The first kappa shape index (κ1) is 18.9. The molecule has 126 valence electrons. The van der Waals surface area contributed by atoms with Gasteiger partial charge in [0.15, 0.2) is 0 Å². The van der Waals surface area contributed by atoms with Crippen molar-refractivity contribution in [2.45, 2.75) is 77.7 Å². The smallest absolute Gasteiger partial charge is 0.0897 e. The van der Waals surface area contributed by atoms with Gasteiger partial charge in [-0.2, -0.15) is 0 Å². The Morgan fingerprint density at radius 1 is 1.24 bits per heavy atom. The lowest BCUT2D eigenvalue weighted by Crippen LogP contribution is -2.32. The number of aliphatic hydroxyl groups is 1. The Kier molecular flexibility index (Phi) is 11.2. The topological polar surface area (TPSA) is 41.5 Å². The van der Waals surface area contributed by atoms with E-state index in [0.29, 0.717) is 13.2 Å². The molecule has 0 aromatic carbocycles. The second kappa shape index (κ2) is 12.4. The molecule has 0 heterocycles. The first-order chi connectivity index (χ1) is 10.2. The SMILES string of the molecule is CCCCCCOCC(O)CNCCC1CCCC(C)C1. The summed E-state index contributed by atoms with van der Waals surface area (Å²) in [5.41, 5.74) is 0. The molecule has 3 heteroatoms. The van der Waals surface area contributed by atoms with Crippen LogP contribution in [0.4, 0.5) is 0 Å². The Hall–Kier alpha value is -0.120. The van der Waals surface area contributed by atoms with Crippen molar-refractivity contribution >= 4 is 0 Å². The standard InChI is InChI=1S/C18H37NO2/c1-3-4-5-6-12-21-15-18(20)14-19-11-10-17-9-7-8-16(2)13-17/h16-20H,3-15H2,1-2H3. The van der Waals surface area contributed by atoms with Crippen LogP contribution in [0.15, 0.2) is 0 Å². The first-order valence-electron chi connectivity index (χ1n) is 9.18. The quantitative estimate of drug-likeness (QED) is 0.539. The molecule has 1 saturated carbocycles. The molecule has 3 nitrogen and oxygen atoms in total. The van der Waals surface area contributed by atoms with Gasteiger partial charge in [0.25, 0.3) is 0 Å². The number of hydrogen-bond acceptors (Lipinski definition) is 3. The number of rotatable bonds is 12. The van der Waals surface area contributed by atoms with Crippen LogP contribution in [0.5, 0.6) is 0 Å². The summed E-state index contributed by atoms with van der Waals surface area (Å²) >= 11 is 0. The Morgan fingerprint density at radius 3 is 2.86 bits per heavy atom. The summed E-state index contributed by atoms with van der Waals surface area (Å²) in [6.45, 7) is 7.55. The van der Waals surface area contributed by atoms with Crippen LogP contribution in [0, 0.1) is 11.8 Å². The fraction of sp³-hybridized carbons (Fsp3) is 1.00. The van der Waals surface area contributed by atoms with Crippen LogP contribution >= 0.6 is 0 Å². The van der Waals surface area contributed by atoms with Gasteiger partial charge in [-0.15, -0.1) is 0 Å². The second-order valence-corrected chi connectivity index (χ2v) is 6.92. The zero-order valence-electron chi connectivity index (χ0n) is 14.3. The molecule has 1 fully saturated rings. The minimum atomic E-state index is -0.360. The molecule has 1 rings (SSSR count). The Labute approximate surface area is 131 Å². The molecular weight excluding hydrogens is 262 g/mol. The van der Waals surface area contributed by atoms with E-state index in [4.69, 9.17) is 4.74 Å². The van der Waals surface area contributed by atoms with Crippen molar-refractivity contribution in [3.05, 3.63) is 0 Å². The number of unbranched alkanes of at least 4 members (excludes halogenated alkanes) is 3. The van der Waals surface area contributed by atoms with Crippen molar-refractivity contribution in [3.63, 3.8) is 0 Å². The van der Waals surface area contributed by atoms with Crippen LogP contribution in [0.1, 0.15) is 71.6 Å². The largest absolute Gasteiger partial charge is 0.389 e. The summed E-state index contributed by atoms with van der Waals surface area (Å²) in [7, 11) is 0. The van der Waals surface area contributed by atoms with E-state index in [2.05, 4.69) is 19.2 Å². The van der Waals surface area contributed by atoms with Crippen LogP contribution in [0.2, 0.25) is 0 Å². The van der Waals surface area contributed by atoms with Crippen LogP contribution in [-0.4, -0.2) is 37.5 Å². The molecule has 0 bridgehead atoms. The van der Waals surface area contributed by atoms with E-state index in [1.165, 1.54) is 51.4 Å². The molecular formula is C18H37NO2. The highest BCUT2D eigenvalue weighted by Crippen LogP contribution is 2.30. The van der Waals surface area contributed by atoms with Gasteiger partial charge < -0.3 is 15.2 Å². The lowest BCUT2D eigenvalue weighted by Gasteiger charge is -2.26. The minimum absolute atomic E-state index is 0.360. The van der Waals surface area contributed by atoms with Gasteiger partial charge >= 0.3 is 0 Å². The van der Waals surface area contributed by atoms with Crippen molar-refractivity contribution in [1.82, 2.24) is 5.32 Å². The van der Waals surface area contributed by atoms with Crippen molar-refractivity contribution in [2.24, 2.45) is 11.8 Å². The normalized spacial score (nSPS) is 24.1. The van der Waals surface area contributed by atoms with E-state index >= 15 is 0 Å². The molecule has 2 N–H and O–H groups in total. The van der Waals surface area contributed by atoms with Gasteiger partial charge in [0, 0.05) is 13.2 Å². The summed E-state index contributed by atoms with van der Waals surface area (Å²) in [6.07, 6.45) is 11.4. The van der Waals surface area contributed by atoms with Crippen molar-refractivity contribution < 1.29 is 9.84 Å². The third-order valence-corrected chi connectivity index (χ3v) is 4.61. The van der Waals surface area contributed by atoms with Gasteiger partial charge in [-0.3, -0.25) is 0 Å². The van der Waals surface area contributed by atoms with Crippen LogP contribution in [-0.2, 0) is 4.74 Å². The lowest BCUT2D eigenvalue weighted by molar-refractivity contribution is 0.0353. The van der Waals surface area contributed by atoms with Gasteiger partial charge in [-0.05, 0) is 37.6 Å². The third kappa shape index (κ3) is 10.3. The molecule has 0 amide bonds. The fourth-order valence-corrected chi connectivity index (χ4v) is 3.31. The number of ether oxygens (including phenoxy) is 1. The highest BCUT2D eigenvalue weighted by Gasteiger charge is 2.18. The molecule has 0 aromatic rings. The molecule has 3 unspecified atom stereocenters. The first-order valence-corrected chi connectivity index (χ1v) is 9.18. The predicted molar refractivity (Wildman–Crippen MR) is 89.6 cm³/mol. The van der Waals surface area contributed by atoms with E-state index in [9.17, 15) is 5.11 Å². The molecule has 0 radical (unpaired) electrons. The minimum Gasteiger partial charge on any atom is -0.389 e. The number of nitrogens with one attached hydrogen (secondary N) is 1. The van der Waals surface area contributed by atoms with Crippen molar-refractivity contribution in [1.29, 1.82) is 0 Å². The van der Waals surface area contributed by atoms with Gasteiger partial charge in [0.2, 0.25) is 0 Å². The molecule has 0 aromatic heterocycles. The molecule has 21 heavy (non-hydrogen) atoms. The zero-order chi connectivity index (χ0) is 15.3. The number of aliphatic hydroxyl groups excluding tert-OH is 1. The summed E-state index contributed by atoms with van der Waals surface area (Å²) in [5.74, 6) is 1.81. The highest BCUT2D eigenvalue weighted by atomic mass is 16.5. The third-order valence-electron chi connectivity index (χ3n) is 4.61. The Morgan fingerprint density at radius 2 is 2.10 bits per heavy atom. The van der Waals surface area contributed by atoms with E-state index in [0.717, 1.165) is 31.4 Å². The lowest BCUT2D eigenvalue weighted by atomic mass is 9.81. The van der Waals surface area contributed by atoms with Crippen LogP contribution in [0.25, 0.3) is 0 Å². The molecule has 1 aliphatic rings. The van der Waals surface area contributed by atoms with Gasteiger partial charge in [0.1, 0.15) is 0 Å². The van der Waals surface area contributed by atoms with Gasteiger partial charge in [0.05, 0.1) is 12.7 Å². The predicted octanol–water partition coefficient (Wildman–Crippen LogP) is 3.75. The summed E-state index contributed by atoms with van der Waals surface area (Å²) in [6, 6.07) is 0. The van der Waals surface area contributed by atoms with Gasteiger partial charge in [-0.25, -0.2) is 0 Å². The van der Waals surface area contributed by atoms with Crippen molar-refractivity contribution in [2.75, 3.05) is 26.3 Å². The monoisotopic (exact) mass is 299 g/mol. The molecule has 0 aliphatic heterocycles. The molecule has 0 saturated heterocycles. The van der Waals surface area contributed by atoms with Crippen LogP contribution < -0.4 is 5.32 Å². The molecule has 0 spiro atoms. The zero-order valence-corrected chi connectivity index (χ0v) is 14.3. The maximum Gasteiger partial charge on any atom is 0.0897 e.